The highest BCUT2D eigenvalue weighted by Crippen LogP contribution is 2.22. The summed E-state index contributed by atoms with van der Waals surface area (Å²) in [7, 11) is -1.77. The Hall–Kier alpha value is -0.920. The van der Waals surface area contributed by atoms with E-state index in [4.69, 9.17) is 0 Å². The lowest BCUT2D eigenvalue weighted by molar-refractivity contribution is 0.344. The van der Waals surface area contributed by atoms with E-state index < -0.39 is 10.0 Å². The van der Waals surface area contributed by atoms with Crippen LogP contribution in [0.1, 0.15) is 51.3 Å². The minimum absolute atomic E-state index is 0.0775. The first-order valence-electron chi connectivity index (χ1n) is 7.56. The van der Waals surface area contributed by atoms with E-state index in [1.54, 1.807) is 11.4 Å². The van der Waals surface area contributed by atoms with E-state index in [1.807, 2.05) is 20.8 Å². The molecule has 1 aromatic rings. The number of nitrogens with one attached hydrogen (secondary N) is 2. The van der Waals surface area contributed by atoms with E-state index in [0.717, 1.165) is 30.5 Å². The molecule has 0 aliphatic heterocycles. The second-order valence-electron chi connectivity index (χ2n) is 5.58. The highest BCUT2D eigenvalue weighted by molar-refractivity contribution is 7.89. The minimum Gasteiger partial charge on any atom is -0.316 e. The zero-order valence-corrected chi connectivity index (χ0v) is 14.5. The molecule has 0 aliphatic carbocycles. The summed E-state index contributed by atoms with van der Waals surface area (Å²) < 4.78 is 27.3. The van der Waals surface area contributed by atoms with Gasteiger partial charge in [-0.1, -0.05) is 19.8 Å². The van der Waals surface area contributed by atoms with Crippen molar-refractivity contribution in [3.05, 3.63) is 11.3 Å². The third-order valence-electron chi connectivity index (χ3n) is 3.50. The number of aromatic amines is 1. The first-order chi connectivity index (χ1) is 9.86. The minimum atomic E-state index is -3.56. The zero-order valence-electron chi connectivity index (χ0n) is 13.7. The quantitative estimate of drug-likeness (QED) is 0.683. The van der Waals surface area contributed by atoms with Gasteiger partial charge in [-0.15, -0.1) is 0 Å². The summed E-state index contributed by atoms with van der Waals surface area (Å²) in [6.07, 6.45) is 2.97. The molecule has 0 radical (unpaired) electrons. The molecule has 0 spiro atoms. The Morgan fingerprint density at radius 1 is 1.33 bits per heavy atom. The van der Waals surface area contributed by atoms with Crippen LogP contribution < -0.4 is 5.32 Å². The van der Waals surface area contributed by atoms with Crippen LogP contribution in [0, 0.1) is 6.92 Å². The van der Waals surface area contributed by atoms with E-state index >= 15 is 0 Å². The molecule has 2 N–H and O–H groups in total. The average molecular weight is 316 g/mol. The molecule has 0 amide bonds. The molecule has 0 saturated carbocycles. The number of hydrogen-bond donors (Lipinski definition) is 2. The standard InChI is InChI=1S/C14H28N4O2S/c1-6-7-8-9-18(11(2)3)21(19,20)14-13(10-15-5)12(4)16-17-14/h11,15H,6-10H2,1-5H3,(H,16,17). The van der Waals surface area contributed by atoms with Crippen molar-refractivity contribution in [3.63, 3.8) is 0 Å². The van der Waals surface area contributed by atoms with Crippen LogP contribution in [-0.2, 0) is 16.6 Å². The number of aromatic nitrogens is 2. The largest absolute Gasteiger partial charge is 0.316 e. The molecule has 7 heteroatoms. The maximum atomic E-state index is 12.9. The van der Waals surface area contributed by atoms with Gasteiger partial charge in [0.1, 0.15) is 0 Å². The number of nitrogens with zero attached hydrogens (tertiary/aromatic N) is 2. The Labute approximate surface area is 128 Å². The fourth-order valence-electron chi connectivity index (χ4n) is 2.31. The second kappa shape index (κ2) is 7.91. The normalized spacial score (nSPS) is 12.5. The highest BCUT2D eigenvalue weighted by atomic mass is 32.2. The van der Waals surface area contributed by atoms with Crippen molar-refractivity contribution in [1.82, 2.24) is 19.8 Å². The molecule has 21 heavy (non-hydrogen) atoms. The number of unbranched alkanes of at least 4 members (excludes halogenated alkanes) is 2. The Morgan fingerprint density at radius 2 is 2.00 bits per heavy atom. The molecule has 0 aromatic carbocycles. The van der Waals surface area contributed by atoms with Crippen LogP contribution in [0.2, 0.25) is 0 Å². The van der Waals surface area contributed by atoms with Gasteiger partial charge in [0.15, 0.2) is 5.03 Å². The number of rotatable bonds is 9. The summed E-state index contributed by atoms with van der Waals surface area (Å²) in [6.45, 7) is 8.78. The van der Waals surface area contributed by atoms with E-state index in [1.165, 1.54) is 0 Å². The van der Waals surface area contributed by atoms with Crippen molar-refractivity contribution in [3.8, 4) is 0 Å². The van der Waals surface area contributed by atoms with Crippen molar-refractivity contribution in [1.29, 1.82) is 0 Å². The molecule has 1 rings (SSSR count). The van der Waals surface area contributed by atoms with Gasteiger partial charge < -0.3 is 5.32 Å². The van der Waals surface area contributed by atoms with Gasteiger partial charge in [-0.05, 0) is 34.2 Å². The average Bonchev–Trinajstić information content (AvgIpc) is 2.77. The summed E-state index contributed by atoms with van der Waals surface area (Å²) in [5, 5.41) is 9.99. The van der Waals surface area contributed by atoms with Crippen LogP contribution in [-0.4, -0.2) is 42.6 Å². The number of hydrogen-bond acceptors (Lipinski definition) is 4. The Kier molecular flexibility index (Phi) is 6.83. The fourth-order valence-corrected chi connectivity index (χ4v) is 4.16. The third-order valence-corrected chi connectivity index (χ3v) is 5.55. The van der Waals surface area contributed by atoms with Gasteiger partial charge in [-0.2, -0.15) is 9.40 Å². The molecule has 0 atom stereocenters. The predicted molar refractivity (Wildman–Crippen MR) is 84.6 cm³/mol. The van der Waals surface area contributed by atoms with Crippen molar-refractivity contribution in [2.24, 2.45) is 0 Å². The van der Waals surface area contributed by atoms with Crippen molar-refractivity contribution < 1.29 is 8.42 Å². The molecule has 122 valence electrons. The Balaban J connectivity index is 3.11. The zero-order chi connectivity index (χ0) is 16.0. The van der Waals surface area contributed by atoms with Crippen molar-refractivity contribution in [2.75, 3.05) is 13.6 Å². The lowest BCUT2D eigenvalue weighted by atomic mass is 10.2. The lowest BCUT2D eigenvalue weighted by Crippen LogP contribution is -2.38. The van der Waals surface area contributed by atoms with Gasteiger partial charge in [0.25, 0.3) is 10.0 Å². The number of aryl methyl sites for hydroxylation is 1. The Morgan fingerprint density at radius 3 is 2.52 bits per heavy atom. The molecule has 0 bridgehead atoms. The molecule has 0 saturated heterocycles. The molecule has 0 aliphatic rings. The molecular formula is C14H28N4O2S. The van der Waals surface area contributed by atoms with E-state index in [0.29, 0.717) is 13.1 Å². The first-order valence-corrected chi connectivity index (χ1v) is 9.00. The van der Waals surface area contributed by atoms with Crippen LogP contribution in [0.25, 0.3) is 0 Å². The number of sulfonamides is 1. The molecule has 0 unspecified atom stereocenters. The molecule has 1 aromatic heterocycles. The van der Waals surface area contributed by atoms with Gasteiger partial charge in [-0.25, -0.2) is 8.42 Å². The van der Waals surface area contributed by atoms with Gasteiger partial charge in [0.2, 0.25) is 0 Å². The van der Waals surface area contributed by atoms with E-state index in [9.17, 15) is 8.42 Å². The SMILES string of the molecule is CCCCCN(C(C)C)S(=O)(=O)c1n[nH]c(C)c1CNC. The second-order valence-corrected chi connectivity index (χ2v) is 7.39. The topological polar surface area (TPSA) is 78.1 Å². The van der Waals surface area contributed by atoms with E-state index in [-0.39, 0.29) is 11.1 Å². The maximum absolute atomic E-state index is 12.9. The van der Waals surface area contributed by atoms with Crippen LogP contribution >= 0.6 is 0 Å². The number of H-pyrrole nitrogens is 1. The van der Waals surface area contributed by atoms with E-state index in [2.05, 4.69) is 22.4 Å². The maximum Gasteiger partial charge on any atom is 0.262 e. The molecule has 6 nitrogen and oxygen atoms in total. The van der Waals surface area contributed by atoms with Crippen molar-refractivity contribution in [2.45, 2.75) is 64.6 Å². The third kappa shape index (κ3) is 4.28. The van der Waals surface area contributed by atoms with Crippen molar-refractivity contribution >= 4 is 10.0 Å². The molecule has 0 fully saturated rings. The summed E-state index contributed by atoms with van der Waals surface area (Å²) in [5.74, 6) is 0. The van der Waals surface area contributed by atoms with Crippen LogP contribution in [0.3, 0.4) is 0 Å². The smallest absolute Gasteiger partial charge is 0.262 e. The van der Waals surface area contributed by atoms with Gasteiger partial charge >= 0.3 is 0 Å². The summed E-state index contributed by atoms with van der Waals surface area (Å²) >= 11 is 0. The summed E-state index contributed by atoms with van der Waals surface area (Å²) in [5.41, 5.74) is 1.51. The monoisotopic (exact) mass is 316 g/mol. The predicted octanol–water partition coefficient (Wildman–Crippen LogP) is 2.03. The van der Waals surface area contributed by atoms with Gasteiger partial charge in [-0.3, -0.25) is 5.10 Å². The fraction of sp³-hybridized carbons (Fsp3) is 0.786. The van der Waals surface area contributed by atoms with Crippen LogP contribution in [0.5, 0.6) is 0 Å². The highest BCUT2D eigenvalue weighted by Gasteiger charge is 2.31. The van der Waals surface area contributed by atoms with Gasteiger partial charge in [0.05, 0.1) is 0 Å². The van der Waals surface area contributed by atoms with Gasteiger partial charge in [0, 0.05) is 30.4 Å². The molecular weight excluding hydrogens is 288 g/mol. The summed E-state index contributed by atoms with van der Waals surface area (Å²) in [6, 6.07) is -0.0775. The van der Waals surface area contributed by atoms with Crippen LogP contribution in [0.4, 0.5) is 0 Å². The summed E-state index contributed by atoms with van der Waals surface area (Å²) in [4.78, 5) is 0. The molecule has 1 heterocycles. The van der Waals surface area contributed by atoms with Crippen LogP contribution in [0.15, 0.2) is 5.03 Å². The Bertz CT molecular complexity index is 537. The first kappa shape index (κ1) is 18.1. The lowest BCUT2D eigenvalue weighted by Gasteiger charge is -2.25.